The number of benzene rings is 2. The molecule has 0 unspecified atom stereocenters. The van der Waals surface area contributed by atoms with Crippen LogP contribution in [0.15, 0.2) is 45.8 Å². The fourth-order valence-electron chi connectivity index (χ4n) is 1.84. The van der Waals surface area contributed by atoms with Crippen molar-refractivity contribution in [3.63, 3.8) is 0 Å². The zero-order valence-electron chi connectivity index (χ0n) is 11.8. The summed E-state index contributed by atoms with van der Waals surface area (Å²) >= 11 is 9.24. The smallest absolute Gasteiger partial charge is 0.343 e. The Hall–Kier alpha value is -1.37. The Morgan fingerprint density at radius 1 is 1.18 bits per heavy atom. The maximum Gasteiger partial charge on any atom is 0.343 e. The Balaban J connectivity index is 2.34. The number of aryl methyl sites for hydroxylation is 1. The van der Waals surface area contributed by atoms with E-state index in [1.165, 1.54) is 12.1 Å². The molecule has 0 saturated heterocycles. The molecule has 0 spiro atoms. The van der Waals surface area contributed by atoms with Gasteiger partial charge in [-0.3, -0.25) is 0 Å². The van der Waals surface area contributed by atoms with Gasteiger partial charge >= 0.3 is 5.97 Å². The lowest BCUT2D eigenvalue weighted by Gasteiger charge is -2.09. The predicted molar refractivity (Wildman–Crippen MR) is 88.4 cm³/mol. The van der Waals surface area contributed by atoms with Crippen molar-refractivity contribution in [2.75, 3.05) is 6.26 Å². The number of halogens is 2. The molecule has 0 aliphatic carbocycles. The maximum atomic E-state index is 12.2. The Kier molecular flexibility index (Phi) is 4.94. The third-order valence-corrected chi connectivity index (χ3v) is 4.95. The van der Waals surface area contributed by atoms with Gasteiger partial charge in [-0.05, 0) is 42.8 Å². The molecule has 4 nitrogen and oxygen atoms in total. The minimum atomic E-state index is -3.42. The van der Waals surface area contributed by atoms with E-state index in [4.69, 9.17) is 16.3 Å². The van der Waals surface area contributed by atoms with Crippen LogP contribution in [-0.4, -0.2) is 20.6 Å². The summed E-state index contributed by atoms with van der Waals surface area (Å²) in [5.41, 5.74) is 0.714. The van der Waals surface area contributed by atoms with E-state index in [2.05, 4.69) is 15.9 Å². The maximum absolute atomic E-state index is 12.2. The van der Waals surface area contributed by atoms with Gasteiger partial charge in [0.15, 0.2) is 9.84 Å². The lowest BCUT2D eigenvalue weighted by molar-refractivity contribution is 0.0734. The predicted octanol–water partition coefficient (Wildman–Crippen LogP) is 4.03. The van der Waals surface area contributed by atoms with E-state index in [9.17, 15) is 13.2 Å². The molecule has 0 saturated carbocycles. The minimum absolute atomic E-state index is 0.101. The van der Waals surface area contributed by atoms with Crippen molar-refractivity contribution in [3.05, 3.63) is 57.0 Å². The topological polar surface area (TPSA) is 60.4 Å². The zero-order valence-corrected chi connectivity index (χ0v) is 14.9. The van der Waals surface area contributed by atoms with Crippen LogP contribution in [0.3, 0.4) is 0 Å². The van der Waals surface area contributed by atoms with Crippen molar-refractivity contribution in [2.24, 2.45) is 0 Å². The summed E-state index contributed by atoms with van der Waals surface area (Å²) in [6.45, 7) is 1.66. The molecule has 7 heteroatoms. The lowest BCUT2D eigenvalue weighted by Crippen LogP contribution is -2.11. The van der Waals surface area contributed by atoms with Gasteiger partial charge in [-0.1, -0.05) is 33.6 Å². The number of ether oxygens (including phenoxy) is 1. The van der Waals surface area contributed by atoms with Crippen LogP contribution >= 0.6 is 27.5 Å². The lowest BCUT2D eigenvalue weighted by atomic mass is 10.1. The van der Waals surface area contributed by atoms with Crippen molar-refractivity contribution in [3.8, 4) is 5.75 Å². The normalized spacial score (nSPS) is 11.3. The van der Waals surface area contributed by atoms with Crippen LogP contribution in [0.5, 0.6) is 5.75 Å². The van der Waals surface area contributed by atoms with E-state index in [1.807, 2.05) is 0 Å². The molecule has 0 heterocycles. The van der Waals surface area contributed by atoms with Crippen LogP contribution in [-0.2, 0) is 9.84 Å². The number of carbonyl (C=O) groups is 1. The van der Waals surface area contributed by atoms with Crippen LogP contribution in [0, 0.1) is 6.92 Å². The highest BCUT2D eigenvalue weighted by atomic mass is 79.9. The summed E-state index contributed by atoms with van der Waals surface area (Å²) < 4.78 is 29.4. The number of sulfone groups is 1. The molecule has 0 atom stereocenters. The molecule has 0 amide bonds. The van der Waals surface area contributed by atoms with Crippen LogP contribution < -0.4 is 4.74 Å². The third kappa shape index (κ3) is 3.88. The van der Waals surface area contributed by atoms with Gasteiger partial charge < -0.3 is 4.74 Å². The second-order valence-electron chi connectivity index (χ2n) is 4.72. The fraction of sp³-hybridized carbons (Fsp3) is 0.133. The van der Waals surface area contributed by atoms with Crippen LogP contribution in [0.25, 0.3) is 0 Å². The Morgan fingerprint density at radius 3 is 2.45 bits per heavy atom. The summed E-state index contributed by atoms with van der Waals surface area (Å²) in [4.78, 5) is 12.3. The van der Waals surface area contributed by atoms with E-state index in [-0.39, 0.29) is 21.2 Å². The van der Waals surface area contributed by atoms with Crippen LogP contribution in [0.1, 0.15) is 15.9 Å². The molecule has 0 aliphatic rings. The monoisotopic (exact) mass is 402 g/mol. The molecule has 2 aromatic rings. The largest absolute Gasteiger partial charge is 0.421 e. The quantitative estimate of drug-likeness (QED) is 0.573. The summed E-state index contributed by atoms with van der Waals surface area (Å²) in [6.07, 6.45) is 1.09. The van der Waals surface area contributed by atoms with Crippen molar-refractivity contribution in [2.45, 2.75) is 11.8 Å². The molecule has 0 radical (unpaired) electrons. The molecule has 22 heavy (non-hydrogen) atoms. The molecular formula is C15H12BrClO4S. The molecule has 0 aromatic heterocycles. The molecule has 116 valence electrons. The molecular weight excluding hydrogens is 392 g/mol. The second kappa shape index (κ2) is 6.40. The average Bonchev–Trinajstić information content (AvgIpc) is 2.41. The summed E-state index contributed by atoms with van der Waals surface area (Å²) in [5, 5.41) is 0.276. The first-order chi connectivity index (χ1) is 10.2. The highest BCUT2D eigenvalue weighted by Crippen LogP contribution is 2.28. The van der Waals surface area contributed by atoms with E-state index in [1.54, 1.807) is 31.2 Å². The van der Waals surface area contributed by atoms with E-state index >= 15 is 0 Å². The SMILES string of the molecule is Cc1ccc(C(=O)Oc2ccc(Br)cc2Cl)cc1S(C)(=O)=O. The molecule has 2 rings (SSSR count). The van der Waals surface area contributed by atoms with Gasteiger partial charge in [0.25, 0.3) is 0 Å². The molecule has 0 fully saturated rings. The van der Waals surface area contributed by atoms with Gasteiger partial charge in [-0.15, -0.1) is 0 Å². The number of hydrogen-bond acceptors (Lipinski definition) is 4. The first-order valence-electron chi connectivity index (χ1n) is 6.16. The zero-order chi connectivity index (χ0) is 16.5. The van der Waals surface area contributed by atoms with Gasteiger partial charge in [0.05, 0.1) is 15.5 Å². The molecule has 2 aromatic carbocycles. The Labute approximate surface area is 142 Å². The number of carbonyl (C=O) groups excluding carboxylic acids is 1. The Bertz CT molecular complexity index is 847. The van der Waals surface area contributed by atoms with Gasteiger partial charge in [0.1, 0.15) is 5.75 Å². The van der Waals surface area contributed by atoms with E-state index < -0.39 is 15.8 Å². The molecule has 0 N–H and O–H groups in total. The summed E-state index contributed by atoms with van der Waals surface area (Å²) in [7, 11) is -3.42. The van der Waals surface area contributed by atoms with Crippen molar-refractivity contribution < 1.29 is 17.9 Å². The standard InChI is InChI=1S/C15H12BrClO4S/c1-9-3-4-10(7-14(9)22(2,19)20)15(18)21-13-6-5-11(16)8-12(13)17/h3-8H,1-2H3. The average molecular weight is 404 g/mol. The molecule has 0 bridgehead atoms. The van der Waals surface area contributed by atoms with Gasteiger partial charge in [-0.2, -0.15) is 0 Å². The van der Waals surface area contributed by atoms with Crippen molar-refractivity contribution in [1.29, 1.82) is 0 Å². The number of rotatable bonds is 3. The van der Waals surface area contributed by atoms with E-state index in [0.29, 0.717) is 5.56 Å². The highest BCUT2D eigenvalue weighted by molar-refractivity contribution is 9.10. The van der Waals surface area contributed by atoms with E-state index in [0.717, 1.165) is 10.7 Å². The van der Waals surface area contributed by atoms with Gasteiger partial charge in [-0.25, -0.2) is 13.2 Å². The first-order valence-corrected chi connectivity index (χ1v) is 9.22. The second-order valence-corrected chi connectivity index (χ2v) is 8.02. The summed E-state index contributed by atoms with van der Waals surface area (Å²) in [6, 6.07) is 9.22. The van der Waals surface area contributed by atoms with Crippen molar-refractivity contribution >= 4 is 43.3 Å². The minimum Gasteiger partial charge on any atom is -0.421 e. The summed E-state index contributed by atoms with van der Waals surface area (Å²) in [5.74, 6) is -0.467. The molecule has 0 aliphatic heterocycles. The fourth-order valence-corrected chi connectivity index (χ4v) is 3.55. The Morgan fingerprint density at radius 2 is 1.86 bits per heavy atom. The first kappa shape index (κ1) is 17.0. The van der Waals surface area contributed by atoms with Crippen LogP contribution in [0.2, 0.25) is 5.02 Å². The van der Waals surface area contributed by atoms with Crippen LogP contribution in [0.4, 0.5) is 0 Å². The number of esters is 1. The van der Waals surface area contributed by atoms with Crippen molar-refractivity contribution in [1.82, 2.24) is 0 Å². The third-order valence-electron chi connectivity index (χ3n) is 2.92. The van der Waals surface area contributed by atoms with Gasteiger partial charge in [0.2, 0.25) is 0 Å². The number of hydrogen-bond donors (Lipinski definition) is 0. The highest BCUT2D eigenvalue weighted by Gasteiger charge is 2.17. The van der Waals surface area contributed by atoms with Gasteiger partial charge in [0, 0.05) is 10.7 Å².